The second kappa shape index (κ2) is 8.40. The van der Waals surface area contributed by atoms with Gasteiger partial charge in [0.15, 0.2) is 0 Å². The molecule has 1 N–H and O–H groups in total. The monoisotopic (exact) mass is 284 g/mol. The number of carbonyl (C=O) groups excluding carboxylic acids is 1. The van der Waals surface area contributed by atoms with Crippen molar-refractivity contribution in [2.75, 3.05) is 5.32 Å². The first kappa shape index (κ1) is 15.5. The van der Waals surface area contributed by atoms with Gasteiger partial charge in [0.05, 0.1) is 17.4 Å². The molecule has 1 aromatic heterocycles. The zero-order valence-electron chi connectivity index (χ0n) is 12.8. The number of amides is 1. The van der Waals surface area contributed by atoms with Crippen molar-refractivity contribution in [1.82, 2.24) is 4.98 Å². The number of fused-ring (bicyclic) bond motifs is 1. The van der Waals surface area contributed by atoms with E-state index in [1.807, 2.05) is 30.3 Å². The molecule has 2 rings (SSSR count). The predicted octanol–water partition coefficient (Wildman–Crippen LogP) is 4.92. The van der Waals surface area contributed by atoms with E-state index in [4.69, 9.17) is 0 Å². The average molecular weight is 284 g/mol. The maximum atomic E-state index is 11.9. The number of carbonyl (C=O) groups is 1. The van der Waals surface area contributed by atoms with Crippen molar-refractivity contribution in [2.45, 2.75) is 51.9 Å². The highest BCUT2D eigenvalue weighted by molar-refractivity contribution is 5.93. The summed E-state index contributed by atoms with van der Waals surface area (Å²) in [5, 5.41) is 3.99. The van der Waals surface area contributed by atoms with Gasteiger partial charge in [-0.3, -0.25) is 9.78 Å². The van der Waals surface area contributed by atoms with Gasteiger partial charge < -0.3 is 5.32 Å². The minimum atomic E-state index is 0.0857. The molecule has 0 bridgehead atoms. The lowest BCUT2D eigenvalue weighted by atomic mass is 10.1. The van der Waals surface area contributed by atoms with Crippen LogP contribution >= 0.6 is 0 Å². The molecule has 0 unspecified atom stereocenters. The van der Waals surface area contributed by atoms with E-state index in [9.17, 15) is 4.79 Å². The molecule has 3 nitrogen and oxygen atoms in total. The molecule has 1 heterocycles. The number of rotatable bonds is 8. The number of unbranched alkanes of at least 4 members (excludes halogenated alkanes) is 5. The van der Waals surface area contributed by atoms with E-state index in [-0.39, 0.29) is 5.91 Å². The smallest absolute Gasteiger partial charge is 0.224 e. The van der Waals surface area contributed by atoms with Crippen molar-refractivity contribution < 1.29 is 4.79 Å². The lowest BCUT2D eigenvalue weighted by Crippen LogP contribution is -2.11. The molecule has 0 saturated carbocycles. The molecule has 0 atom stereocenters. The molecule has 2 aromatic rings. The van der Waals surface area contributed by atoms with Crippen LogP contribution in [0.25, 0.3) is 10.9 Å². The Bertz CT molecular complexity index is 580. The summed E-state index contributed by atoms with van der Waals surface area (Å²) in [6.45, 7) is 2.21. The third kappa shape index (κ3) is 5.18. The Kier molecular flexibility index (Phi) is 6.20. The predicted molar refractivity (Wildman–Crippen MR) is 88.4 cm³/mol. The number of benzene rings is 1. The fourth-order valence-electron chi connectivity index (χ4n) is 2.43. The Labute approximate surface area is 126 Å². The topological polar surface area (TPSA) is 42.0 Å². The molecule has 0 aliphatic rings. The first-order valence-electron chi connectivity index (χ1n) is 7.94. The van der Waals surface area contributed by atoms with E-state index < -0.39 is 0 Å². The average Bonchev–Trinajstić information content (AvgIpc) is 2.50. The molecule has 0 aliphatic heterocycles. The SMILES string of the molecule is CCCCCCCCC(=O)Nc1cnc2ccccc2c1. The quantitative estimate of drug-likeness (QED) is 0.699. The van der Waals surface area contributed by atoms with E-state index in [0.717, 1.165) is 29.4 Å². The molecule has 0 fully saturated rings. The van der Waals surface area contributed by atoms with Gasteiger partial charge >= 0.3 is 0 Å². The molecule has 3 heteroatoms. The van der Waals surface area contributed by atoms with Crippen LogP contribution in [0, 0.1) is 0 Å². The van der Waals surface area contributed by atoms with Crippen molar-refractivity contribution in [3.05, 3.63) is 36.5 Å². The molecule has 112 valence electrons. The Morgan fingerprint density at radius 3 is 2.71 bits per heavy atom. The van der Waals surface area contributed by atoms with Crippen LogP contribution in [0.4, 0.5) is 5.69 Å². The lowest BCUT2D eigenvalue weighted by Gasteiger charge is -2.06. The summed E-state index contributed by atoms with van der Waals surface area (Å²) in [7, 11) is 0. The number of nitrogens with one attached hydrogen (secondary N) is 1. The van der Waals surface area contributed by atoms with Gasteiger partial charge in [-0.15, -0.1) is 0 Å². The molecule has 1 aromatic carbocycles. The molecular formula is C18H24N2O. The van der Waals surface area contributed by atoms with Crippen LogP contribution in [0.1, 0.15) is 51.9 Å². The van der Waals surface area contributed by atoms with Gasteiger partial charge in [0.2, 0.25) is 5.91 Å². The fourth-order valence-corrected chi connectivity index (χ4v) is 2.43. The van der Waals surface area contributed by atoms with Crippen molar-refractivity contribution in [2.24, 2.45) is 0 Å². The van der Waals surface area contributed by atoms with Crippen LogP contribution in [0.5, 0.6) is 0 Å². The summed E-state index contributed by atoms with van der Waals surface area (Å²) >= 11 is 0. The van der Waals surface area contributed by atoms with Crippen LogP contribution in [0.2, 0.25) is 0 Å². The second-order valence-corrected chi connectivity index (χ2v) is 5.48. The van der Waals surface area contributed by atoms with Crippen molar-refractivity contribution >= 4 is 22.5 Å². The summed E-state index contributed by atoms with van der Waals surface area (Å²) < 4.78 is 0. The molecule has 0 spiro atoms. The van der Waals surface area contributed by atoms with Crippen LogP contribution in [0.15, 0.2) is 36.5 Å². The Morgan fingerprint density at radius 1 is 1.10 bits per heavy atom. The third-order valence-electron chi connectivity index (χ3n) is 3.63. The summed E-state index contributed by atoms with van der Waals surface area (Å²) in [5.74, 6) is 0.0857. The molecule has 21 heavy (non-hydrogen) atoms. The van der Waals surface area contributed by atoms with Gasteiger partial charge in [-0.1, -0.05) is 57.2 Å². The number of aromatic nitrogens is 1. The molecule has 0 saturated heterocycles. The number of hydrogen-bond donors (Lipinski definition) is 1. The summed E-state index contributed by atoms with van der Waals surface area (Å²) in [5.41, 5.74) is 1.73. The Balaban J connectivity index is 1.76. The van der Waals surface area contributed by atoms with E-state index in [2.05, 4.69) is 17.2 Å². The zero-order chi connectivity index (χ0) is 14.9. The maximum absolute atomic E-state index is 11.9. The first-order valence-corrected chi connectivity index (χ1v) is 7.94. The first-order chi connectivity index (χ1) is 10.3. The normalized spacial score (nSPS) is 10.7. The van der Waals surface area contributed by atoms with Gasteiger partial charge in [0.1, 0.15) is 0 Å². The van der Waals surface area contributed by atoms with Gasteiger partial charge in [0.25, 0.3) is 0 Å². The van der Waals surface area contributed by atoms with E-state index in [1.165, 1.54) is 25.7 Å². The highest BCUT2D eigenvalue weighted by atomic mass is 16.1. The van der Waals surface area contributed by atoms with E-state index in [1.54, 1.807) is 6.20 Å². The van der Waals surface area contributed by atoms with Crippen LogP contribution in [0.3, 0.4) is 0 Å². The van der Waals surface area contributed by atoms with E-state index in [0.29, 0.717) is 6.42 Å². The minimum absolute atomic E-state index is 0.0857. The highest BCUT2D eigenvalue weighted by Gasteiger charge is 2.03. The number of para-hydroxylation sites is 1. The van der Waals surface area contributed by atoms with Crippen LogP contribution in [-0.4, -0.2) is 10.9 Å². The van der Waals surface area contributed by atoms with Crippen molar-refractivity contribution in [3.8, 4) is 0 Å². The third-order valence-corrected chi connectivity index (χ3v) is 3.63. The van der Waals surface area contributed by atoms with Crippen LogP contribution in [-0.2, 0) is 4.79 Å². The second-order valence-electron chi connectivity index (χ2n) is 5.48. The highest BCUT2D eigenvalue weighted by Crippen LogP contribution is 2.16. The van der Waals surface area contributed by atoms with Crippen LogP contribution < -0.4 is 5.32 Å². The molecule has 0 aliphatic carbocycles. The standard InChI is InChI=1S/C18H24N2O/c1-2-3-4-5-6-7-12-18(21)20-16-13-15-10-8-9-11-17(15)19-14-16/h8-11,13-14H,2-7,12H2,1H3,(H,20,21). The number of nitrogens with zero attached hydrogens (tertiary/aromatic N) is 1. The largest absolute Gasteiger partial charge is 0.325 e. The molecular weight excluding hydrogens is 260 g/mol. The summed E-state index contributed by atoms with van der Waals surface area (Å²) in [6, 6.07) is 9.89. The van der Waals surface area contributed by atoms with Gasteiger partial charge in [0, 0.05) is 11.8 Å². The summed E-state index contributed by atoms with van der Waals surface area (Å²) in [6.07, 6.45) is 9.51. The zero-order valence-corrected chi connectivity index (χ0v) is 12.8. The molecule has 0 radical (unpaired) electrons. The number of anilines is 1. The Morgan fingerprint density at radius 2 is 1.86 bits per heavy atom. The van der Waals surface area contributed by atoms with Crippen molar-refractivity contribution in [1.29, 1.82) is 0 Å². The van der Waals surface area contributed by atoms with Gasteiger partial charge in [-0.25, -0.2) is 0 Å². The van der Waals surface area contributed by atoms with Gasteiger partial charge in [-0.05, 0) is 18.6 Å². The fraction of sp³-hybridized carbons (Fsp3) is 0.444. The van der Waals surface area contributed by atoms with E-state index >= 15 is 0 Å². The number of hydrogen-bond acceptors (Lipinski definition) is 2. The summed E-state index contributed by atoms with van der Waals surface area (Å²) in [4.78, 5) is 16.2. The van der Waals surface area contributed by atoms with Crippen molar-refractivity contribution in [3.63, 3.8) is 0 Å². The van der Waals surface area contributed by atoms with Gasteiger partial charge in [-0.2, -0.15) is 0 Å². The number of pyridine rings is 1. The maximum Gasteiger partial charge on any atom is 0.224 e. The lowest BCUT2D eigenvalue weighted by molar-refractivity contribution is -0.116. The molecule has 1 amide bonds. The Hall–Kier alpha value is -1.90. The minimum Gasteiger partial charge on any atom is -0.325 e.